The fraction of sp³-hybridized carbons (Fsp3) is 0.562. The molecule has 0 spiro atoms. The minimum atomic E-state index is 0.719. The zero-order chi connectivity index (χ0) is 13.7. The first-order chi connectivity index (χ1) is 9.72. The van der Waals surface area contributed by atoms with Crippen molar-refractivity contribution in [1.82, 2.24) is 14.7 Å². The third-order valence-corrected chi connectivity index (χ3v) is 5.74. The summed E-state index contributed by atoms with van der Waals surface area (Å²) in [7, 11) is 2.05. The quantitative estimate of drug-likeness (QED) is 0.784. The second kappa shape index (κ2) is 4.85. The summed E-state index contributed by atoms with van der Waals surface area (Å²) in [6.45, 7) is 1.01. The summed E-state index contributed by atoms with van der Waals surface area (Å²) >= 11 is 3.82. The molecule has 1 aromatic heterocycles. The van der Waals surface area contributed by atoms with E-state index >= 15 is 0 Å². The van der Waals surface area contributed by atoms with Crippen LogP contribution in [0, 0.1) is 0 Å². The van der Waals surface area contributed by atoms with Gasteiger partial charge in [0, 0.05) is 35.9 Å². The van der Waals surface area contributed by atoms with Crippen LogP contribution in [-0.2, 0) is 13.6 Å². The molecule has 3 heterocycles. The summed E-state index contributed by atoms with van der Waals surface area (Å²) in [6, 6.07) is 10.1. The normalized spacial score (nSPS) is 30.2. The van der Waals surface area contributed by atoms with Gasteiger partial charge in [-0.1, -0.05) is 34.1 Å². The molecule has 1 aromatic carbocycles. The lowest BCUT2D eigenvalue weighted by atomic mass is 10.0. The first-order valence-corrected chi connectivity index (χ1v) is 8.44. The molecule has 0 amide bonds. The summed E-state index contributed by atoms with van der Waals surface area (Å²) in [4.78, 5) is 3.42. The maximum Gasteiger partial charge on any atom is 0.0843 e. The first-order valence-electron chi connectivity index (χ1n) is 7.53. The van der Waals surface area contributed by atoms with Crippen molar-refractivity contribution in [2.75, 3.05) is 0 Å². The van der Waals surface area contributed by atoms with E-state index in [1.54, 1.807) is 0 Å². The standard InChI is InChI=1S/C16H20BrN3/c1-19-16-5-3-2-4-14(16)15(18-19)10-20-12-6-7-13(20)9-11(17)8-12/h2-5,11-13H,6-10H2,1H3. The van der Waals surface area contributed by atoms with Gasteiger partial charge >= 0.3 is 0 Å². The molecule has 106 valence electrons. The average molecular weight is 334 g/mol. The molecule has 2 unspecified atom stereocenters. The molecule has 2 bridgehead atoms. The highest BCUT2D eigenvalue weighted by Gasteiger charge is 2.40. The number of hydrogen-bond donors (Lipinski definition) is 0. The lowest BCUT2D eigenvalue weighted by Gasteiger charge is -2.36. The smallest absolute Gasteiger partial charge is 0.0843 e. The van der Waals surface area contributed by atoms with Gasteiger partial charge in [-0.25, -0.2) is 0 Å². The number of nitrogens with zero attached hydrogens (tertiary/aromatic N) is 3. The zero-order valence-electron chi connectivity index (χ0n) is 11.8. The average Bonchev–Trinajstić information content (AvgIpc) is 2.87. The van der Waals surface area contributed by atoms with Crippen molar-refractivity contribution in [3.8, 4) is 0 Å². The van der Waals surface area contributed by atoms with E-state index in [1.165, 1.54) is 42.3 Å². The molecule has 0 N–H and O–H groups in total. The minimum absolute atomic E-state index is 0.719. The lowest BCUT2D eigenvalue weighted by Crippen LogP contribution is -2.42. The predicted octanol–water partition coefficient (Wildman–Crippen LogP) is 3.46. The molecule has 2 saturated heterocycles. The van der Waals surface area contributed by atoms with Crippen LogP contribution in [0.5, 0.6) is 0 Å². The van der Waals surface area contributed by atoms with E-state index in [4.69, 9.17) is 5.10 Å². The molecule has 4 heteroatoms. The topological polar surface area (TPSA) is 21.1 Å². The molecule has 2 aliphatic heterocycles. The summed E-state index contributed by atoms with van der Waals surface area (Å²) in [5, 5.41) is 6.08. The molecule has 0 saturated carbocycles. The Morgan fingerprint density at radius 3 is 2.65 bits per heavy atom. The van der Waals surface area contributed by atoms with Gasteiger partial charge in [0.05, 0.1) is 11.2 Å². The molecule has 4 rings (SSSR count). The monoisotopic (exact) mass is 333 g/mol. The third-order valence-electron chi connectivity index (χ3n) is 4.99. The molecule has 0 radical (unpaired) electrons. The van der Waals surface area contributed by atoms with Gasteiger partial charge in [-0.3, -0.25) is 9.58 Å². The van der Waals surface area contributed by atoms with Crippen molar-refractivity contribution >= 4 is 26.8 Å². The van der Waals surface area contributed by atoms with Crippen molar-refractivity contribution in [2.45, 2.75) is 49.1 Å². The fourth-order valence-electron chi connectivity index (χ4n) is 4.04. The molecule has 2 fully saturated rings. The van der Waals surface area contributed by atoms with Gasteiger partial charge in [0.15, 0.2) is 0 Å². The Hall–Kier alpha value is -0.870. The van der Waals surface area contributed by atoms with Gasteiger partial charge in [0.25, 0.3) is 0 Å². The summed E-state index contributed by atoms with van der Waals surface area (Å²) in [6.07, 6.45) is 5.30. The Morgan fingerprint density at radius 1 is 1.20 bits per heavy atom. The zero-order valence-corrected chi connectivity index (χ0v) is 13.4. The fourth-order valence-corrected chi connectivity index (χ4v) is 4.91. The maximum atomic E-state index is 4.76. The number of aromatic nitrogens is 2. The van der Waals surface area contributed by atoms with E-state index in [0.29, 0.717) is 0 Å². The molecule has 2 atom stereocenters. The Bertz CT molecular complexity index is 622. The highest BCUT2D eigenvalue weighted by atomic mass is 79.9. The van der Waals surface area contributed by atoms with Crippen LogP contribution in [0.4, 0.5) is 0 Å². The number of fused-ring (bicyclic) bond motifs is 3. The molecule has 3 nitrogen and oxygen atoms in total. The second-order valence-electron chi connectivity index (χ2n) is 6.21. The number of piperidine rings is 1. The van der Waals surface area contributed by atoms with E-state index in [9.17, 15) is 0 Å². The summed E-state index contributed by atoms with van der Waals surface area (Å²) < 4.78 is 2.02. The number of benzene rings is 1. The number of aryl methyl sites for hydroxylation is 1. The summed E-state index contributed by atoms with van der Waals surface area (Å²) in [5.74, 6) is 0. The largest absolute Gasteiger partial charge is 0.291 e. The maximum absolute atomic E-state index is 4.76. The van der Waals surface area contributed by atoms with Crippen LogP contribution in [-0.4, -0.2) is 31.6 Å². The van der Waals surface area contributed by atoms with E-state index in [1.807, 2.05) is 11.7 Å². The Kier molecular flexibility index (Phi) is 3.11. The van der Waals surface area contributed by atoms with Crippen LogP contribution in [0.15, 0.2) is 24.3 Å². The van der Waals surface area contributed by atoms with E-state index in [-0.39, 0.29) is 0 Å². The number of para-hydroxylation sites is 1. The Labute approximate surface area is 128 Å². The summed E-state index contributed by atoms with van der Waals surface area (Å²) in [5.41, 5.74) is 2.48. The SMILES string of the molecule is Cn1nc(CN2C3CCC2CC(Br)C3)c2ccccc21. The molecular weight excluding hydrogens is 314 g/mol. The molecule has 0 aliphatic carbocycles. The number of alkyl halides is 1. The van der Waals surface area contributed by atoms with Crippen molar-refractivity contribution < 1.29 is 0 Å². The van der Waals surface area contributed by atoms with E-state index < -0.39 is 0 Å². The number of hydrogen-bond acceptors (Lipinski definition) is 2. The molecule has 20 heavy (non-hydrogen) atoms. The molecular formula is C16H20BrN3. The third kappa shape index (κ3) is 2.01. The Balaban J connectivity index is 1.65. The van der Waals surface area contributed by atoms with Gasteiger partial charge < -0.3 is 0 Å². The van der Waals surface area contributed by atoms with E-state index in [2.05, 4.69) is 45.1 Å². The van der Waals surface area contributed by atoms with Crippen molar-refractivity contribution in [1.29, 1.82) is 0 Å². The molecule has 2 aromatic rings. The van der Waals surface area contributed by atoms with Crippen LogP contribution >= 0.6 is 15.9 Å². The lowest BCUT2D eigenvalue weighted by molar-refractivity contribution is 0.135. The molecule has 2 aliphatic rings. The second-order valence-corrected chi connectivity index (χ2v) is 7.51. The van der Waals surface area contributed by atoms with Gasteiger partial charge in [-0.15, -0.1) is 0 Å². The number of rotatable bonds is 2. The van der Waals surface area contributed by atoms with E-state index in [0.717, 1.165) is 23.5 Å². The highest BCUT2D eigenvalue weighted by Crippen LogP contribution is 2.39. The van der Waals surface area contributed by atoms with Gasteiger partial charge in [-0.05, 0) is 31.7 Å². The Morgan fingerprint density at radius 2 is 1.90 bits per heavy atom. The first kappa shape index (κ1) is 12.8. The van der Waals surface area contributed by atoms with Crippen LogP contribution < -0.4 is 0 Å². The van der Waals surface area contributed by atoms with Crippen LogP contribution in [0.2, 0.25) is 0 Å². The van der Waals surface area contributed by atoms with Crippen LogP contribution in [0.1, 0.15) is 31.4 Å². The highest BCUT2D eigenvalue weighted by molar-refractivity contribution is 9.09. The van der Waals surface area contributed by atoms with Crippen molar-refractivity contribution in [2.24, 2.45) is 7.05 Å². The van der Waals surface area contributed by atoms with Crippen molar-refractivity contribution in [3.05, 3.63) is 30.0 Å². The van der Waals surface area contributed by atoms with Crippen LogP contribution in [0.3, 0.4) is 0 Å². The van der Waals surface area contributed by atoms with Crippen molar-refractivity contribution in [3.63, 3.8) is 0 Å². The van der Waals surface area contributed by atoms with Crippen LogP contribution in [0.25, 0.3) is 10.9 Å². The van der Waals surface area contributed by atoms with Gasteiger partial charge in [-0.2, -0.15) is 5.10 Å². The minimum Gasteiger partial charge on any atom is -0.291 e. The van der Waals surface area contributed by atoms with Gasteiger partial charge in [0.2, 0.25) is 0 Å². The van der Waals surface area contributed by atoms with Gasteiger partial charge in [0.1, 0.15) is 0 Å². The predicted molar refractivity (Wildman–Crippen MR) is 85.0 cm³/mol. The number of halogens is 1.